The molecule has 0 radical (unpaired) electrons. The summed E-state index contributed by atoms with van der Waals surface area (Å²) >= 11 is 1.33. The fourth-order valence-electron chi connectivity index (χ4n) is 2.56. The minimum absolute atomic E-state index is 0.125. The SMILES string of the molecule is N#CN1CC[C@H](C(=O)Nc2ncc(-c3cccc(C(N)=O)c3)s2)C1. The van der Waals surface area contributed by atoms with Crippen molar-refractivity contribution in [2.45, 2.75) is 6.42 Å². The van der Waals surface area contributed by atoms with Crippen LogP contribution in [-0.4, -0.2) is 34.8 Å². The minimum atomic E-state index is -0.488. The van der Waals surface area contributed by atoms with E-state index in [1.807, 2.05) is 6.07 Å². The van der Waals surface area contributed by atoms with E-state index in [-0.39, 0.29) is 11.8 Å². The number of nitrogens with zero attached hydrogens (tertiary/aromatic N) is 3. The molecule has 0 saturated carbocycles. The summed E-state index contributed by atoms with van der Waals surface area (Å²) < 4.78 is 0. The Labute approximate surface area is 142 Å². The van der Waals surface area contributed by atoms with Crippen LogP contribution in [0, 0.1) is 17.4 Å². The van der Waals surface area contributed by atoms with Crippen molar-refractivity contribution in [2.24, 2.45) is 11.7 Å². The predicted octanol–water partition coefficient (Wildman–Crippen LogP) is 1.65. The first-order valence-corrected chi connectivity index (χ1v) is 8.20. The normalized spacial score (nSPS) is 16.6. The van der Waals surface area contributed by atoms with E-state index in [0.29, 0.717) is 30.2 Å². The fraction of sp³-hybridized carbons (Fsp3) is 0.250. The lowest BCUT2D eigenvalue weighted by Gasteiger charge is -2.08. The minimum Gasteiger partial charge on any atom is -0.366 e. The molecule has 1 aliphatic rings. The van der Waals surface area contributed by atoms with Gasteiger partial charge < -0.3 is 16.0 Å². The molecule has 122 valence electrons. The van der Waals surface area contributed by atoms with Crippen molar-refractivity contribution in [3.05, 3.63) is 36.0 Å². The first-order chi connectivity index (χ1) is 11.6. The number of carbonyl (C=O) groups is 2. The van der Waals surface area contributed by atoms with Crippen LogP contribution >= 0.6 is 11.3 Å². The highest BCUT2D eigenvalue weighted by Crippen LogP contribution is 2.30. The number of nitriles is 1. The number of rotatable bonds is 4. The van der Waals surface area contributed by atoms with Crippen molar-refractivity contribution < 1.29 is 9.59 Å². The van der Waals surface area contributed by atoms with Crippen LogP contribution < -0.4 is 11.1 Å². The van der Waals surface area contributed by atoms with E-state index in [0.717, 1.165) is 10.4 Å². The molecule has 8 heteroatoms. The largest absolute Gasteiger partial charge is 0.366 e. The molecule has 7 nitrogen and oxygen atoms in total. The number of nitrogens with one attached hydrogen (secondary N) is 1. The summed E-state index contributed by atoms with van der Waals surface area (Å²) in [7, 11) is 0. The smallest absolute Gasteiger partial charge is 0.248 e. The molecule has 0 bridgehead atoms. The molecule has 1 fully saturated rings. The van der Waals surface area contributed by atoms with Gasteiger partial charge in [-0.05, 0) is 24.1 Å². The van der Waals surface area contributed by atoms with Gasteiger partial charge in [-0.25, -0.2) is 4.98 Å². The maximum Gasteiger partial charge on any atom is 0.248 e. The molecule has 1 aromatic heterocycles. The number of benzene rings is 1. The molecule has 1 aliphatic heterocycles. The zero-order valence-corrected chi connectivity index (χ0v) is 13.5. The van der Waals surface area contributed by atoms with Crippen LogP contribution in [0.5, 0.6) is 0 Å². The summed E-state index contributed by atoms with van der Waals surface area (Å²) in [6, 6.07) is 6.95. The van der Waals surface area contributed by atoms with Crippen molar-refractivity contribution >= 4 is 28.3 Å². The third-order valence-electron chi connectivity index (χ3n) is 3.87. The number of likely N-dealkylation sites (tertiary alicyclic amines) is 1. The van der Waals surface area contributed by atoms with Gasteiger partial charge in [0, 0.05) is 24.8 Å². The molecule has 24 heavy (non-hydrogen) atoms. The summed E-state index contributed by atoms with van der Waals surface area (Å²) in [5.74, 6) is -0.812. The quantitative estimate of drug-likeness (QED) is 0.821. The molecule has 2 amide bonds. The van der Waals surface area contributed by atoms with Crippen LogP contribution in [0.3, 0.4) is 0 Å². The first-order valence-electron chi connectivity index (χ1n) is 7.38. The second-order valence-corrected chi connectivity index (χ2v) is 6.53. The molecule has 3 N–H and O–H groups in total. The molecule has 0 unspecified atom stereocenters. The number of primary amides is 1. The standard InChI is InChI=1S/C16H15N5O2S/c17-9-21-5-4-12(8-21)15(23)20-16-19-7-13(24-16)10-2-1-3-11(6-10)14(18)22/h1-3,6-7,12H,4-5,8H2,(H2,18,22)(H,19,20,23)/t12-/m0/s1. The molecule has 1 saturated heterocycles. The van der Waals surface area contributed by atoms with Gasteiger partial charge in [0.2, 0.25) is 11.8 Å². The van der Waals surface area contributed by atoms with Gasteiger partial charge >= 0.3 is 0 Å². The molecular formula is C16H15N5O2S. The number of hydrogen-bond donors (Lipinski definition) is 2. The summed E-state index contributed by atoms with van der Waals surface area (Å²) in [6.45, 7) is 1.05. The van der Waals surface area contributed by atoms with Crippen molar-refractivity contribution in [1.29, 1.82) is 5.26 Å². The highest BCUT2D eigenvalue weighted by Gasteiger charge is 2.28. The van der Waals surface area contributed by atoms with E-state index < -0.39 is 5.91 Å². The zero-order valence-electron chi connectivity index (χ0n) is 12.7. The van der Waals surface area contributed by atoms with Crippen molar-refractivity contribution in [3.8, 4) is 16.6 Å². The van der Waals surface area contributed by atoms with Crippen molar-refractivity contribution in [1.82, 2.24) is 9.88 Å². The Bertz CT molecular complexity index is 826. The molecule has 1 aromatic carbocycles. The Kier molecular flexibility index (Phi) is 4.44. The predicted molar refractivity (Wildman–Crippen MR) is 90.0 cm³/mol. The van der Waals surface area contributed by atoms with Gasteiger partial charge in [-0.1, -0.05) is 23.5 Å². The molecule has 0 spiro atoms. The molecular weight excluding hydrogens is 326 g/mol. The Morgan fingerprint density at radius 1 is 1.46 bits per heavy atom. The van der Waals surface area contributed by atoms with Gasteiger partial charge in [0.05, 0.1) is 10.8 Å². The third kappa shape index (κ3) is 3.36. The monoisotopic (exact) mass is 341 g/mol. The highest BCUT2D eigenvalue weighted by atomic mass is 32.1. The average molecular weight is 341 g/mol. The maximum absolute atomic E-state index is 12.2. The number of carbonyl (C=O) groups excluding carboxylic acids is 2. The lowest BCUT2D eigenvalue weighted by molar-refractivity contribution is -0.119. The van der Waals surface area contributed by atoms with Gasteiger partial charge in [0.1, 0.15) is 0 Å². The van der Waals surface area contributed by atoms with Crippen molar-refractivity contribution in [3.63, 3.8) is 0 Å². The topological polar surface area (TPSA) is 112 Å². The molecule has 2 aromatic rings. The summed E-state index contributed by atoms with van der Waals surface area (Å²) in [5, 5.41) is 12.1. The van der Waals surface area contributed by atoms with Crippen LogP contribution in [0.1, 0.15) is 16.8 Å². The summed E-state index contributed by atoms with van der Waals surface area (Å²) in [4.78, 5) is 30.1. The molecule has 3 rings (SSSR count). The molecule has 2 heterocycles. The van der Waals surface area contributed by atoms with Crippen LogP contribution in [-0.2, 0) is 4.79 Å². The average Bonchev–Trinajstić information content (AvgIpc) is 3.24. The van der Waals surface area contributed by atoms with Gasteiger partial charge in [-0.2, -0.15) is 5.26 Å². The fourth-order valence-corrected chi connectivity index (χ4v) is 3.38. The zero-order chi connectivity index (χ0) is 17.1. The summed E-state index contributed by atoms with van der Waals surface area (Å²) in [6.07, 6.45) is 4.37. The number of aromatic nitrogens is 1. The van der Waals surface area contributed by atoms with E-state index in [2.05, 4.69) is 16.5 Å². The van der Waals surface area contributed by atoms with E-state index in [4.69, 9.17) is 11.0 Å². The van der Waals surface area contributed by atoms with Gasteiger partial charge in [0.25, 0.3) is 0 Å². The summed E-state index contributed by atoms with van der Waals surface area (Å²) in [5.41, 5.74) is 6.53. The van der Waals surface area contributed by atoms with Crippen LogP contribution in [0.15, 0.2) is 30.5 Å². The highest BCUT2D eigenvalue weighted by molar-refractivity contribution is 7.19. The second-order valence-electron chi connectivity index (χ2n) is 5.50. The maximum atomic E-state index is 12.2. The Morgan fingerprint density at radius 3 is 3.00 bits per heavy atom. The number of thiazole rings is 1. The van der Waals surface area contributed by atoms with E-state index in [9.17, 15) is 9.59 Å². The van der Waals surface area contributed by atoms with E-state index in [1.165, 1.54) is 11.3 Å². The Hall–Kier alpha value is -2.92. The number of nitrogens with two attached hydrogens (primary N) is 1. The number of anilines is 1. The molecule has 1 atom stereocenters. The number of hydrogen-bond acceptors (Lipinski definition) is 6. The van der Waals surface area contributed by atoms with E-state index >= 15 is 0 Å². The van der Waals surface area contributed by atoms with E-state index in [1.54, 1.807) is 29.3 Å². The van der Waals surface area contributed by atoms with Gasteiger partial charge in [-0.15, -0.1) is 0 Å². The Morgan fingerprint density at radius 2 is 2.29 bits per heavy atom. The first kappa shape index (κ1) is 16.0. The lowest BCUT2D eigenvalue weighted by Crippen LogP contribution is -2.25. The van der Waals surface area contributed by atoms with Gasteiger partial charge in [-0.3, -0.25) is 9.59 Å². The second kappa shape index (κ2) is 6.68. The van der Waals surface area contributed by atoms with Crippen molar-refractivity contribution in [2.75, 3.05) is 18.4 Å². The van der Waals surface area contributed by atoms with Gasteiger partial charge in [0.15, 0.2) is 11.3 Å². The lowest BCUT2D eigenvalue weighted by atomic mass is 10.1. The number of amides is 2. The molecule has 0 aliphatic carbocycles. The third-order valence-corrected chi connectivity index (χ3v) is 4.83. The van der Waals surface area contributed by atoms with Crippen LogP contribution in [0.25, 0.3) is 10.4 Å². The Balaban J connectivity index is 1.70. The van der Waals surface area contributed by atoms with Crippen LogP contribution in [0.2, 0.25) is 0 Å². The van der Waals surface area contributed by atoms with Crippen LogP contribution in [0.4, 0.5) is 5.13 Å².